The third-order valence-corrected chi connectivity index (χ3v) is 12.0. The van der Waals surface area contributed by atoms with Gasteiger partial charge in [0.2, 0.25) is 0 Å². The molecule has 1 aromatic rings. The highest BCUT2D eigenvalue weighted by Crippen LogP contribution is 2.81. The number of hydrogen-bond acceptors (Lipinski definition) is 11. The van der Waals surface area contributed by atoms with Crippen molar-refractivity contribution in [3.05, 3.63) is 47.5 Å². The predicted molar refractivity (Wildman–Crippen MR) is 156 cm³/mol. The molecule has 2 aliphatic carbocycles. The highest BCUT2D eigenvalue weighted by molar-refractivity contribution is 5.88. The zero-order valence-corrected chi connectivity index (χ0v) is 27.0. The van der Waals surface area contributed by atoms with Gasteiger partial charge < -0.3 is 33.2 Å². The van der Waals surface area contributed by atoms with Crippen LogP contribution in [0.3, 0.4) is 0 Å². The molecule has 244 valence electrons. The van der Waals surface area contributed by atoms with Gasteiger partial charge in [-0.05, 0) is 44.2 Å². The Balaban J connectivity index is 1.63. The molecular weight excluding hydrogens is 584 g/mol. The molecule has 4 heterocycles. The molecule has 3 aliphatic heterocycles. The summed E-state index contributed by atoms with van der Waals surface area (Å²) in [6, 6.07) is 1.74. The number of esters is 4. The van der Waals surface area contributed by atoms with E-state index in [-0.39, 0.29) is 6.42 Å². The van der Waals surface area contributed by atoms with Crippen LogP contribution in [0, 0.1) is 34.0 Å². The molecule has 1 unspecified atom stereocenters. The largest absolute Gasteiger partial charge is 0.472 e. The first-order valence-electron chi connectivity index (χ1n) is 15.5. The molecule has 2 saturated carbocycles. The van der Waals surface area contributed by atoms with Crippen LogP contribution in [-0.2, 0) is 42.9 Å². The second kappa shape index (κ2) is 10.0. The van der Waals surface area contributed by atoms with Gasteiger partial charge in [0.05, 0.1) is 25.6 Å². The molecule has 1 spiro atoms. The number of fused-ring (bicyclic) bond motifs is 2. The second-order valence-electron chi connectivity index (χ2n) is 14.3. The Hall–Kier alpha value is -3.44. The van der Waals surface area contributed by atoms with Crippen LogP contribution >= 0.6 is 0 Å². The lowest BCUT2D eigenvalue weighted by molar-refractivity contribution is -0.325. The SMILES string of the molecule is CC=C(C)C(=O)O[C@@H]1C2[C@@H](OC(C)=O)C(C)(C)[C@H](CC(=O)OC)[C@@]3(C)[C@H]4CC[C@]5(C)C(=CC(=O)O[C@H]5c5ccoc5)[C@@]14O[C@@]23O. The molecule has 1 aromatic heterocycles. The fraction of sp³-hybridized carbons (Fsp3) is 0.647. The number of cyclic esters (lactones) is 1. The van der Waals surface area contributed by atoms with Gasteiger partial charge in [0.1, 0.15) is 23.9 Å². The zero-order chi connectivity index (χ0) is 32.9. The van der Waals surface area contributed by atoms with E-state index in [2.05, 4.69) is 0 Å². The van der Waals surface area contributed by atoms with Gasteiger partial charge in [-0.25, -0.2) is 9.59 Å². The summed E-state index contributed by atoms with van der Waals surface area (Å²) in [4.78, 5) is 52.6. The molecule has 0 aromatic carbocycles. The fourth-order valence-corrected chi connectivity index (χ4v) is 9.94. The molecule has 0 radical (unpaired) electrons. The van der Waals surface area contributed by atoms with E-state index in [1.165, 1.54) is 32.6 Å². The van der Waals surface area contributed by atoms with E-state index in [1.54, 1.807) is 26.0 Å². The Morgan fingerprint density at radius 1 is 1.11 bits per heavy atom. The molecular formula is C34H42O11. The average molecular weight is 627 g/mol. The topological polar surface area (TPSA) is 148 Å². The van der Waals surface area contributed by atoms with Crippen molar-refractivity contribution in [2.75, 3.05) is 7.11 Å². The van der Waals surface area contributed by atoms with Crippen LogP contribution in [0.4, 0.5) is 0 Å². The van der Waals surface area contributed by atoms with E-state index in [1.807, 2.05) is 27.7 Å². The van der Waals surface area contributed by atoms with Gasteiger partial charge in [-0.3, -0.25) is 9.59 Å². The maximum Gasteiger partial charge on any atom is 0.333 e. The maximum absolute atomic E-state index is 13.6. The number of furan rings is 1. The molecule has 5 aliphatic rings. The summed E-state index contributed by atoms with van der Waals surface area (Å²) in [5.41, 5.74) is -2.87. The van der Waals surface area contributed by atoms with Crippen LogP contribution < -0.4 is 0 Å². The first-order valence-corrected chi connectivity index (χ1v) is 15.5. The molecule has 0 amide bonds. The van der Waals surface area contributed by atoms with Crippen molar-refractivity contribution in [2.45, 2.75) is 97.4 Å². The van der Waals surface area contributed by atoms with Gasteiger partial charge in [-0.2, -0.15) is 0 Å². The molecule has 1 N–H and O–H groups in total. The van der Waals surface area contributed by atoms with E-state index in [9.17, 15) is 24.3 Å². The van der Waals surface area contributed by atoms with Gasteiger partial charge in [-0.15, -0.1) is 0 Å². The van der Waals surface area contributed by atoms with Crippen LogP contribution in [0.25, 0.3) is 0 Å². The van der Waals surface area contributed by atoms with E-state index < -0.39 is 87.6 Å². The summed E-state index contributed by atoms with van der Waals surface area (Å²) in [7, 11) is 1.31. The molecule has 2 bridgehead atoms. The predicted octanol–water partition coefficient (Wildman–Crippen LogP) is 4.34. The molecule has 45 heavy (non-hydrogen) atoms. The van der Waals surface area contributed by atoms with Crippen LogP contribution in [0.1, 0.15) is 79.4 Å². The third kappa shape index (κ3) is 3.89. The summed E-state index contributed by atoms with van der Waals surface area (Å²) < 4.78 is 35.8. The number of ether oxygens (including phenoxy) is 5. The molecule has 4 fully saturated rings. The summed E-state index contributed by atoms with van der Waals surface area (Å²) in [6.07, 6.45) is 4.05. The van der Waals surface area contributed by atoms with Crippen LogP contribution in [0.15, 0.2) is 46.3 Å². The smallest absolute Gasteiger partial charge is 0.333 e. The molecule has 11 heteroatoms. The lowest BCUT2D eigenvalue weighted by Gasteiger charge is -2.66. The lowest BCUT2D eigenvalue weighted by atomic mass is 9.37. The minimum absolute atomic E-state index is 0.0825. The van der Waals surface area contributed by atoms with Crippen molar-refractivity contribution < 1.29 is 52.4 Å². The molecule has 2 saturated heterocycles. The van der Waals surface area contributed by atoms with Crippen molar-refractivity contribution in [2.24, 2.45) is 34.0 Å². The standard InChI is InChI=1S/C34H42O11/c1-9-17(2)29(38)44-28-25-27(42-18(3)35)30(4,5)21(14-23(36)40-8)32(7)20-10-12-31(6)22(33(20,28)45-34(25,32)39)15-24(37)43-26(31)19-11-13-41-16-19/h9,11,13,15-16,20-21,25-28,39H,10,12,14H2,1-8H3/t20-,21+,25?,26+,27-,28-,31-,32-,33-,34+/m1/s1. The zero-order valence-electron chi connectivity index (χ0n) is 27.0. The van der Waals surface area contributed by atoms with E-state index in [0.29, 0.717) is 29.6 Å². The number of carbonyl (C=O) groups is 4. The maximum atomic E-state index is 13.6. The fourth-order valence-electron chi connectivity index (χ4n) is 9.94. The number of methoxy groups -OCH3 is 1. The minimum Gasteiger partial charge on any atom is -0.472 e. The van der Waals surface area contributed by atoms with Crippen molar-refractivity contribution in [3.8, 4) is 0 Å². The lowest BCUT2D eigenvalue weighted by Crippen LogP contribution is -2.76. The first-order chi connectivity index (χ1) is 21.0. The van der Waals surface area contributed by atoms with Crippen molar-refractivity contribution in [3.63, 3.8) is 0 Å². The van der Waals surface area contributed by atoms with Gasteiger partial charge >= 0.3 is 23.9 Å². The number of carbonyl (C=O) groups excluding carboxylic acids is 4. The molecule has 10 atom stereocenters. The second-order valence-corrected chi connectivity index (χ2v) is 14.3. The Morgan fingerprint density at radius 2 is 1.82 bits per heavy atom. The number of aliphatic hydroxyl groups is 1. The molecule has 6 rings (SSSR count). The Labute approximate surface area is 262 Å². The number of rotatable bonds is 6. The monoisotopic (exact) mass is 626 g/mol. The number of allylic oxidation sites excluding steroid dienone is 1. The van der Waals surface area contributed by atoms with Crippen LogP contribution in [-0.4, -0.2) is 59.7 Å². The van der Waals surface area contributed by atoms with Gasteiger partial charge in [0.15, 0.2) is 5.79 Å². The van der Waals surface area contributed by atoms with Gasteiger partial charge in [0, 0.05) is 52.7 Å². The average Bonchev–Trinajstić information content (AvgIpc) is 3.64. The van der Waals surface area contributed by atoms with Crippen LogP contribution in [0.2, 0.25) is 0 Å². The highest BCUT2D eigenvalue weighted by Gasteiger charge is 2.90. The Kier molecular flexibility index (Phi) is 7.03. The first kappa shape index (κ1) is 31.5. The normalized spacial score (nSPS) is 42.6. The third-order valence-electron chi connectivity index (χ3n) is 12.0. The Bertz CT molecular complexity index is 1510. The van der Waals surface area contributed by atoms with Gasteiger partial charge in [0.25, 0.3) is 0 Å². The highest BCUT2D eigenvalue weighted by atomic mass is 16.7. The van der Waals surface area contributed by atoms with Crippen molar-refractivity contribution in [1.82, 2.24) is 0 Å². The van der Waals surface area contributed by atoms with E-state index in [0.717, 1.165) is 0 Å². The van der Waals surface area contributed by atoms with Gasteiger partial charge in [-0.1, -0.05) is 33.8 Å². The van der Waals surface area contributed by atoms with Crippen molar-refractivity contribution >= 4 is 23.9 Å². The summed E-state index contributed by atoms with van der Waals surface area (Å²) in [5, 5.41) is 13.0. The summed E-state index contributed by atoms with van der Waals surface area (Å²) in [5.74, 6) is -6.52. The summed E-state index contributed by atoms with van der Waals surface area (Å²) in [6.45, 7) is 12.3. The van der Waals surface area contributed by atoms with Crippen LogP contribution in [0.5, 0.6) is 0 Å². The van der Waals surface area contributed by atoms with E-state index >= 15 is 0 Å². The minimum atomic E-state index is -2.03. The Morgan fingerprint density at radius 3 is 2.42 bits per heavy atom. The number of hydrogen-bond donors (Lipinski definition) is 1. The molecule has 11 nitrogen and oxygen atoms in total. The summed E-state index contributed by atoms with van der Waals surface area (Å²) >= 11 is 0. The quantitative estimate of drug-likeness (QED) is 0.273. The van der Waals surface area contributed by atoms with E-state index in [4.69, 9.17) is 28.1 Å². The van der Waals surface area contributed by atoms with Crippen molar-refractivity contribution in [1.29, 1.82) is 0 Å².